The number of H-pyrrole nitrogens is 1. The van der Waals surface area contributed by atoms with E-state index in [0.29, 0.717) is 5.56 Å². The Bertz CT molecular complexity index is 488. The summed E-state index contributed by atoms with van der Waals surface area (Å²) in [5, 5.41) is 2.91. The van der Waals surface area contributed by atoms with E-state index in [1.807, 2.05) is 6.92 Å². The zero-order valence-corrected chi connectivity index (χ0v) is 9.86. The van der Waals surface area contributed by atoms with Crippen LogP contribution in [0.2, 0.25) is 0 Å². The van der Waals surface area contributed by atoms with Crippen LogP contribution in [-0.4, -0.2) is 15.9 Å². The standard InChI is InChI=1S/C12H15N3O2/c1-3-10(11-13-4-5-14-11)15-12(16)9-6-8(2)17-7-9/h4-7,10H,3H2,1-2H3,(H,13,14)(H,15,16). The van der Waals surface area contributed by atoms with Crippen LogP contribution in [0.4, 0.5) is 0 Å². The van der Waals surface area contributed by atoms with Crippen molar-refractivity contribution in [3.05, 3.63) is 41.9 Å². The van der Waals surface area contributed by atoms with Crippen LogP contribution in [0.5, 0.6) is 0 Å². The maximum absolute atomic E-state index is 11.9. The lowest BCUT2D eigenvalue weighted by atomic mass is 10.2. The van der Waals surface area contributed by atoms with Gasteiger partial charge in [-0.15, -0.1) is 0 Å². The molecular formula is C12H15N3O2. The third-order valence-electron chi connectivity index (χ3n) is 2.56. The molecule has 0 aliphatic carbocycles. The number of furan rings is 1. The number of imidazole rings is 1. The van der Waals surface area contributed by atoms with E-state index in [4.69, 9.17) is 4.42 Å². The van der Waals surface area contributed by atoms with Crippen LogP contribution in [0, 0.1) is 6.92 Å². The van der Waals surface area contributed by atoms with Crippen molar-refractivity contribution in [3.63, 3.8) is 0 Å². The molecule has 0 aromatic carbocycles. The molecule has 0 radical (unpaired) electrons. The van der Waals surface area contributed by atoms with E-state index in [-0.39, 0.29) is 11.9 Å². The van der Waals surface area contributed by atoms with Crippen LogP contribution in [0.3, 0.4) is 0 Å². The average Bonchev–Trinajstić information content (AvgIpc) is 2.96. The van der Waals surface area contributed by atoms with Gasteiger partial charge in [-0.3, -0.25) is 4.79 Å². The van der Waals surface area contributed by atoms with Crippen LogP contribution < -0.4 is 5.32 Å². The van der Waals surface area contributed by atoms with Crippen LogP contribution in [0.15, 0.2) is 29.1 Å². The minimum Gasteiger partial charge on any atom is -0.469 e. The van der Waals surface area contributed by atoms with E-state index in [0.717, 1.165) is 18.0 Å². The molecular weight excluding hydrogens is 218 g/mol. The number of amides is 1. The lowest BCUT2D eigenvalue weighted by Gasteiger charge is -2.13. The number of nitrogens with zero attached hydrogens (tertiary/aromatic N) is 1. The van der Waals surface area contributed by atoms with Crippen molar-refractivity contribution in [2.75, 3.05) is 0 Å². The highest BCUT2D eigenvalue weighted by atomic mass is 16.3. The number of aromatic amines is 1. The maximum atomic E-state index is 11.9. The fourth-order valence-corrected chi connectivity index (χ4v) is 1.64. The summed E-state index contributed by atoms with van der Waals surface area (Å²) in [5.74, 6) is 1.34. The first kappa shape index (κ1) is 11.4. The molecule has 1 amide bonds. The zero-order valence-electron chi connectivity index (χ0n) is 9.86. The molecule has 2 rings (SSSR count). The lowest BCUT2D eigenvalue weighted by molar-refractivity contribution is 0.0933. The molecule has 2 aromatic rings. The van der Waals surface area contributed by atoms with E-state index in [1.165, 1.54) is 6.26 Å². The number of hydrogen-bond donors (Lipinski definition) is 2. The molecule has 5 nitrogen and oxygen atoms in total. The van der Waals surface area contributed by atoms with E-state index >= 15 is 0 Å². The third-order valence-corrected chi connectivity index (χ3v) is 2.56. The molecule has 5 heteroatoms. The van der Waals surface area contributed by atoms with Gasteiger partial charge in [0, 0.05) is 12.4 Å². The van der Waals surface area contributed by atoms with Crippen molar-refractivity contribution in [1.82, 2.24) is 15.3 Å². The number of aromatic nitrogens is 2. The Balaban J connectivity index is 2.07. The molecule has 0 aliphatic heterocycles. The molecule has 0 fully saturated rings. The number of nitrogens with one attached hydrogen (secondary N) is 2. The molecule has 1 unspecified atom stereocenters. The highest BCUT2D eigenvalue weighted by molar-refractivity contribution is 5.94. The Morgan fingerprint density at radius 2 is 2.47 bits per heavy atom. The Hall–Kier alpha value is -2.04. The SMILES string of the molecule is CCC(NC(=O)c1coc(C)c1)c1ncc[nH]1. The van der Waals surface area contributed by atoms with Crippen LogP contribution in [0.25, 0.3) is 0 Å². The number of hydrogen-bond acceptors (Lipinski definition) is 3. The predicted molar refractivity (Wildman–Crippen MR) is 62.5 cm³/mol. The number of aryl methyl sites for hydroxylation is 1. The molecule has 1 atom stereocenters. The predicted octanol–water partition coefficient (Wildman–Crippen LogP) is 2.19. The lowest BCUT2D eigenvalue weighted by Crippen LogP contribution is -2.28. The zero-order chi connectivity index (χ0) is 12.3. The van der Waals surface area contributed by atoms with E-state index in [2.05, 4.69) is 15.3 Å². The number of carbonyl (C=O) groups is 1. The Kier molecular flexibility index (Phi) is 3.27. The number of rotatable bonds is 4. The van der Waals surface area contributed by atoms with Crippen molar-refractivity contribution >= 4 is 5.91 Å². The van der Waals surface area contributed by atoms with Crippen LogP contribution >= 0.6 is 0 Å². The summed E-state index contributed by atoms with van der Waals surface area (Å²) in [6, 6.07) is 1.61. The molecule has 17 heavy (non-hydrogen) atoms. The molecule has 0 saturated heterocycles. The van der Waals surface area contributed by atoms with Gasteiger partial charge in [-0.2, -0.15) is 0 Å². The van der Waals surface area contributed by atoms with Crippen molar-refractivity contribution in [2.45, 2.75) is 26.3 Å². The molecule has 0 aliphatic rings. The molecule has 0 saturated carbocycles. The van der Waals surface area contributed by atoms with Crippen molar-refractivity contribution in [2.24, 2.45) is 0 Å². The van der Waals surface area contributed by atoms with Gasteiger partial charge in [0.15, 0.2) is 0 Å². The second-order valence-corrected chi connectivity index (χ2v) is 3.85. The van der Waals surface area contributed by atoms with E-state index in [1.54, 1.807) is 25.4 Å². The summed E-state index contributed by atoms with van der Waals surface area (Å²) in [6.45, 7) is 3.80. The van der Waals surface area contributed by atoms with Gasteiger partial charge in [0.05, 0.1) is 11.6 Å². The maximum Gasteiger partial charge on any atom is 0.255 e. The molecule has 2 heterocycles. The normalized spacial score (nSPS) is 12.4. The third kappa shape index (κ3) is 2.55. The van der Waals surface area contributed by atoms with Crippen molar-refractivity contribution in [3.8, 4) is 0 Å². The summed E-state index contributed by atoms with van der Waals surface area (Å²) in [7, 11) is 0. The fraction of sp³-hybridized carbons (Fsp3) is 0.333. The topological polar surface area (TPSA) is 70.9 Å². The van der Waals surface area contributed by atoms with Gasteiger partial charge >= 0.3 is 0 Å². The van der Waals surface area contributed by atoms with E-state index < -0.39 is 0 Å². The first-order valence-electron chi connectivity index (χ1n) is 5.56. The molecule has 0 spiro atoms. The van der Waals surface area contributed by atoms with Gasteiger partial charge in [0.1, 0.15) is 17.8 Å². The Labute approximate surface area is 99.2 Å². The second-order valence-electron chi connectivity index (χ2n) is 3.85. The van der Waals surface area contributed by atoms with Gasteiger partial charge in [0.2, 0.25) is 0 Å². The first-order valence-corrected chi connectivity index (χ1v) is 5.56. The average molecular weight is 233 g/mol. The van der Waals surface area contributed by atoms with Crippen molar-refractivity contribution in [1.29, 1.82) is 0 Å². The molecule has 90 valence electrons. The van der Waals surface area contributed by atoms with E-state index in [9.17, 15) is 4.79 Å². The molecule has 2 N–H and O–H groups in total. The monoisotopic (exact) mass is 233 g/mol. The van der Waals surface area contributed by atoms with Gasteiger partial charge < -0.3 is 14.7 Å². The molecule has 0 bridgehead atoms. The smallest absolute Gasteiger partial charge is 0.255 e. The van der Waals surface area contributed by atoms with Crippen LogP contribution in [0.1, 0.15) is 41.3 Å². The van der Waals surface area contributed by atoms with Gasteiger partial charge in [-0.25, -0.2) is 4.98 Å². The first-order chi connectivity index (χ1) is 8.20. The summed E-state index contributed by atoms with van der Waals surface area (Å²) < 4.78 is 5.11. The van der Waals surface area contributed by atoms with Crippen molar-refractivity contribution < 1.29 is 9.21 Å². The molecule has 2 aromatic heterocycles. The Morgan fingerprint density at radius 1 is 1.65 bits per heavy atom. The van der Waals surface area contributed by atoms with Gasteiger partial charge in [-0.05, 0) is 19.4 Å². The quantitative estimate of drug-likeness (QED) is 0.850. The Morgan fingerprint density at radius 3 is 3.00 bits per heavy atom. The van der Waals surface area contributed by atoms with Gasteiger partial charge in [0.25, 0.3) is 5.91 Å². The largest absolute Gasteiger partial charge is 0.469 e. The summed E-state index contributed by atoms with van der Waals surface area (Å²) in [6.07, 6.45) is 5.65. The fourth-order valence-electron chi connectivity index (χ4n) is 1.64. The number of carbonyl (C=O) groups excluding carboxylic acids is 1. The summed E-state index contributed by atoms with van der Waals surface area (Å²) in [4.78, 5) is 19.1. The highest BCUT2D eigenvalue weighted by Crippen LogP contribution is 2.13. The van der Waals surface area contributed by atoms with Crippen LogP contribution in [-0.2, 0) is 0 Å². The summed E-state index contributed by atoms with van der Waals surface area (Å²) >= 11 is 0. The summed E-state index contributed by atoms with van der Waals surface area (Å²) in [5.41, 5.74) is 0.535. The second kappa shape index (κ2) is 4.86. The van der Waals surface area contributed by atoms with Gasteiger partial charge in [-0.1, -0.05) is 6.92 Å². The highest BCUT2D eigenvalue weighted by Gasteiger charge is 2.16. The minimum absolute atomic E-state index is 0.104. The minimum atomic E-state index is -0.148.